The van der Waals surface area contributed by atoms with Crippen LogP contribution >= 0.6 is 0 Å². The van der Waals surface area contributed by atoms with Crippen molar-refractivity contribution in [2.24, 2.45) is 0 Å². The van der Waals surface area contributed by atoms with Crippen LogP contribution in [0.25, 0.3) is 0 Å². The molecule has 0 saturated carbocycles. The lowest BCUT2D eigenvalue weighted by atomic mass is 10.1. The number of aryl methyl sites for hydroxylation is 3. The third-order valence-corrected chi connectivity index (χ3v) is 3.77. The minimum absolute atomic E-state index is 0.109. The first-order chi connectivity index (χ1) is 10.9. The molecule has 23 heavy (non-hydrogen) atoms. The molecule has 1 amide bonds. The van der Waals surface area contributed by atoms with Gasteiger partial charge < -0.3 is 15.8 Å². The van der Waals surface area contributed by atoms with Crippen LogP contribution in [-0.4, -0.2) is 18.6 Å². The molecule has 0 fully saturated rings. The standard InChI is InChI=1S/C19H24N2O2/c1-12-8-9-16(20)10-17(12)19(22)21-15(4)11-23-18-13(2)6-5-7-14(18)3/h5-10,15H,11,20H2,1-4H3,(H,21,22). The number of ether oxygens (including phenoxy) is 1. The van der Waals surface area contributed by atoms with Gasteiger partial charge in [-0.2, -0.15) is 0 Å². The molecule has 0 spiro atoms. The zero-order valence-electron chi connectivity index (χ0n) is 14.1. The van der Waals surface area contributed by atoms with Gasteiger partial charge in [-0.15, -0.1) is 0 Å². The van der Waals surface area contributed by atoms with Crippen LogP contribution in [0.3, 0.4) is 0 Å². The minimum atomic E-state index is -0.132. The first-order valence-corrected chi connectivity index (χ1v) is 7.74. The lowest BCUT2D eigenvalue weighted by Gasteiger charge is -2.18. The maximum atomic E-state index is 12.4. The molecule has 1 unspecified atom stereocenters. The van der Waals surface area contributed by atoms with Gasteiger partial charge in [-0.3, -0.25) is 4.79 Å². The summed E-state index contributed by atoms with van der Waals surface area (Å²) in [7, 11) is 0. The van der Waals surface area contributed by atoms with E-state index in [1.165, 1.54) is 0 Å². The van der Waals surface area contributed by atoms with E-state index in [2.05, 4.69) is 5.32 Å². The first-order valence-electron chi connectivity index (χ1n) is 7.74. The number of anilines is 1. The molecule has 2 aromatic rings. The second kappa shape index (κ2) is 7.18. The third-order valence-electron chi connectivity index (χ3n) is 3.77. The van der Waals surface area contributed by atoms with Crippen LogP contribution in [0.15, 0.2) is 36.4 Å². The van der Waals surface area contributed by atoms with Gasteiger partial charge >= 0.3 is 0 Å². The molecule has 2 aromatic carbocycles. The maximum Gasteiger partial charge on any atom is 0.251 e. The van der Waals surface area contributed by atoms with Crippen molar-refractivity contribution in [2.45, 2.75) is 33.7 Å². The average Bonchev–Trinajstić information content (AvgIpc) is 2.49. The highest BCUT2D eigenvalue weighted by Gasteiger charge is 2.13. The number of para-hydroxylation sites is 1. The second-order valence-electron chi connectivity index (χ2n) is 5.98. The number of benzene rings is 2. The third kappa shape index (κ3) is 4.25. The number of rotatable bonds is 5. The molecule has 4 nitrogen and oxygen atoms in total. The lowest BCUT2D eigenvalue weighted by molar-refractivity contribution is 0.0926. The highest BCUT2D eigenvalue weighted by atomic mass is 16.5. The molecule has 2 rings (SSSR count). The van der Waals surface area contributed by atoms with Gasteiger partial charge in [-0.1, -0.05) is 24.3 Å². The number of nitrogens with two attached hydrogens (primary N) is 1. The van der Waals surface area contributed by atoms with Gasteiger partial charge in [0.05, 0.1) is 6.04 Å². The number of nitrogens with one attached hydrogen (secondary N) is 1. The van der Waals surface area contributed by atoms with E-state index in [0.29, 0.717) is 17.9 Å². The molecule has 3 N–H and O–H groups in total. The molecule has 1 atom stereocenters. The molecule has 0 aliphatic rings. The molecule has 0 saturated heterocycles. The summed E-state index contributed by atoms with van der Waals surface area (Å²) in [5, 5.41) is 2.95. The van der Waals surface area contributed by atoms with Gasteiger partial charge in [0, 0.05) is 11.3 Å². The first kappa shape index (κ1) is 16.9. The smallest absolute Gasteiger partial charge is 0.251 e. The molecule has 4 heteroatoms. The van der Waals surface area contributed by atoms with Crippen LogP contribution in [0.1, 0.15) is 34.0 Å². The van der Waals surface area contributed by atoms with Gasteiger partial charge in [0.1, 0.15) is 12.4 Å². The van der Waals surface area contributed by atoms with E-state index in [0.717, 1.165) is 22.4 Å². The topological polar surface area (TPSA) is 64.4 Å². The van der Waals surface area contributed by atoms with Crippen LogP contribution in [-0.2, 0) is 0 Å². The van der Waals surface area contributed by atoms with Gasteiger partial charge in [-0.05, 0) is 56.5 Å². The predicted octanol–water partition coefficient (Wildman–Crippen LogP) is 3.39. The number of nitrogen functional groups attached to an aromatic ring is 1. The quantitative estimate of drug-likeness (QED) is 0.832. The van der Waals surface area contributed by atoms with Crippen molar-refractivity contribution in [3.05, 3.63) is 58.7 Å². The van der Waals surface area contributed by atoms with Gasteiger partial charge in [0.2, 0.25) is 0 Å². The summed E-state index contributed by atoms with van der Waals surface area (Å²) in [5.41, 5.74) is 10.0. The molecule has 0 bridgehead atoms. The Morgan fingerprint density at radius 2 is 1.78 bits per heavy atom. The number of hydrogen-bond donors (Lipinski definition) is 2. The molecule has 122 valence electrons. The highest BCUT2D eigenvalue weighted by Crippen LogP contribution is 2.22. The predicted molar refractivity (Wildman–Crippen MR) is 93.9 cm³/mol. The summed E-state index contributed by atoms with van der Waals surface area (Å²) in [6, 6.07) is 11.3. The van der Waals surface area contributed by atoms with Crippen molar-refractivity contribution in [1.82, 2.24) is 5.32 Å². The Balaban J connectivity index is 1.98. The van der Waals surface area contributed by atoms with Crippen LogP contribution in [0.5, 0.6) is 5.75 Å². The summed E-state index contributed by atoms with van der Waals surface area (Å²) in [5.74, 6) is 0.751. The number of hydrogen-bond acceptors (Lipinski definition) is 3. The van der Waals surface area contributed by atoms with Crippen molar-refractivity contribution >= 4 is 11.6 Å². The Bertz CT molecular complexity index is 690. The Hall–Kier alpha value is -2.49. The normalized spacial score (nSPS) is 11.8. The number of carbonyl (C=O) groups is 1. The molecule has 0 radical (unpaired) electrons. The molecule has 0 heterocycles. The van der Waals surface area contributed by atoms with Crippen molar-refractivity contribution < 1.29 is 9.53 Å². The van der Waals surface area contributed by atoms with Crippen molar-refractivity contribution in [3.63, 3.8) is 0 Å². The molecular formula is C19H24N2O2. The van der Waals surface area contributed by atoms with E-state index in [1.54, 1.807) is 12.1 Å². The fourth-order valence-corrected chi connectivity index (χ4v) is 2.46. The van der Waals surface area contributed by atoms with Crippen molar-refractivity contribution in [3.8, 4) is 5.75 Å². The fourth-order valence-electron chi connectivity index (χ4n) is 2.46. The van der Waals surface area contributed by atoms with Crippen LogP contribution < -0.4 is 15.8 Å². The molecule has 0 aliphatic heterocycles. The SMILES string of the molecule is Cc1ccc(N)cc1C(=O)NC(C)COc1c(C)cccc1C. The van der Waals surface area contributed by atoms with Crippen molar-refractivity contribution in [2.75, 3.05) is 12.3 Å². The largest absolute Gasteiger partial charge is 0.491 e. The summed E-state index contributed by atoms with van der Waals surface area (Å²) in [6.45, 7) is 8.27. The number of amides is 1. The Labute approximate surface area is 137 Å². The molecule has 0 aliphatic carbocycles. The fraction of sp³-hybridized carbons (Fsp3) is 0.316. The zero-order valence-corrected chi connectivity index (χ0v) is 14.1. The lowest BCUT2D eigenvalue weighted by Crippen LogP contribution is -2.37. The van der Waals surface area contributed by atoms with E-state index in [1.807, 2.05) is 52.0 Å². The summed E-state index contributed by atoms with van der Waals surface area (Å²) in [6.07, 6.45) is 0. The van der Waals surface area contributed by atoms with Crippen LogP contribution in [0.4, 0.5) is 5.69 Å². The average molecular weight is 312 g/mol. The van der Waals surface area contributed by atoms with Crippen molar-refractivity contribution in [1.29, 1.82) is 0 Å². The van der Waals surface area contributed by atoms with Gasteiger partial charge in [0.25, 0.3) is 5.91 Å². The minimum Gasteiger partial charge on any atom is -0.491 e. The molecule has 0 aromatic heterocycles. The van der Waals surface area contributed by atoms with E-state index < -0.39 is 0 Å². The zero-order chi connectivity index (χ0) is 17.0. The van der Waals surface area contributed by atoms with E-state index in [-0.39, 0.29) is 11.9 Å². The van der Waals surface area contributed by atoms with Gasteiger partial charge in [0.15, 0.2) is 0 Å². The summed E-state index contributed by atoms with van der Waals surface area (Å²) < 4.78 is 5.88. The summed E-state index contributed by atoms with van der Waals surface area (Å²) >= 11 is 0. The van der Waals surface area contributed by atoms with E-state index >= 15 is 0 Å². The number of carbonyl (C=O) groups excluding carboxylic acids is 1. The highest BCUT2D eigenvalue weighted by molar-refractivity contribution is 5.96. The van der Waals surface area contributed by atoms with Crippen LogP contribution in [0.2, 0.25) is 0 Å². The maximum absolute atomic E-state index is 12.4. The summed E-state index contributed by atoms with van der Waals surface area (Å²) in [4.78, 5) is 12.4. The monoisotopic (exact) mass is 312 g/mol. The van der Waals surface area contributed by atoms with Crippen LogP contribution in [0, 0.1) is 20.8 Å². The van der Waals surface area contributed by atoms with E-state index in [9.17, 15) is 4.79 Å². The van der Waals surface area contributed by atoms with E-state index in [4.69, 9.17) is 10.5 Å². The Morgan fingerprint density at radius 1 is 1.13 bits per heavy atom. The molecular weight excluding hydrogens is 288 g/mol. The van der Waals surface area contributed by atoms with Gasteiger partial charge in [-0.25, -0.2) is 0 Å². The Morgan fingerprint density at radius 3 is 2.43 bits per heavy atom. The Kier molecular flexibility index (Phi) is 5.27. The second-order valence-corrected chi connectivity index (χ2v) is 5.98.